The molecular formula is C34H43Cl2N5O6. The molecule has 2 aromatic carbocycles. The van der Waals surface area contributed by atoms with Gasteiger partial charge >= 0.3 is 6.09 Å². The van der Waals surface area contributed by atoms with Crippen LogP contribution in [0.15, 0.2) is 36.4 Å². The lowest BCUT2D eigenvalue weighted by Crippen LogP contribution is -2.67. The summed E-state index contributed by atoms with van der Waals surface area (Å²) in [4.78, 5) is 58.6. The summed E-state index contributed by atoms with van der Waals surface area (Å²) in [5.74, 6) is -2.13. The number of ether oxygens (including phenoxy) is 1. The summed E-state index contributed by atoms with van der Waals surface area (Å²) < 4.78 is 5.45. The van der Waals surface area contributed by atoms with Crippen molar-refractivity contribution in [1.82, 2.24) is 20.5 Å². The van der Waals surface area contributed by atoms with E-state index in [1.54, 1.807) is 43.3 Å². The fraction of sp³-hybridized carbons (Fsp3) is 0.471. The minimum Gasteiger partial charge on any atom is -0.496 e. The summed E-state index contributed by atoms with van der Waals surface area (Å²) in [6.45, 7) is 7.24. The molecule has 5 atom stereocenters. The number of carbonyl (C=O) groups is 4. The van der Waals surface area contributed by atoms with Crippen LogP contribution in [0.3, 0.4) is 0 Å². The minimum absolute atomic E-state index is 0.0371. The number of rotatable bonds is 13. The highest BCUT2D eigenvalue weighted by Gasteiger charge is 2.47. The first-order valence-corrected chi connectivity index (χ1v) is 16.5. The van der Waals surface area contributed by atoms with Gasteiger partial charge in [-0.15, -0.1) is 0 Å². The molecule has 0 fully saturated rings. The molecule has 4 rings (SSSR count). The smallest absolute Gasteiger partial charge is 0.408 e. The summed E-state index contributed by atoms with van der Waals surface area (Å²) in [5, 5.41) is 17.8. The van der Waals surface area contributed by atoms with Crippen molar-refractivity contribution in [3.63, 3.8) is 0 Å². The molecule has 0 bridgehead atoms. The maximum Gasteiger partial charge on any atom is 0.408 e. The second kappa shape index (κ2) is 14.9. The number of nitrogens with zero attached hydrogens (tertiary/aromatic N) is 1. The standard InChI is InChI=1S/C34H43Cl2N5O6/c1-6-18(3)27(30(37)42)39-32(44)34(13-12-25-23(16-34)22-14-21(35)15-24(36)28(22)38-25)40-31(43)29(19(4)7-2)41(33(45)46)17-20-10-8-9-11-26(20)47-5/h8-11,14-15,18-19,27,29,38H,6-7,12-13,16-17H2,1-5H3,(H2,37,42)(H,39,44)(H,40,43)(H,45,46)/t18?,19?,27-,29-,34+/m0/s1. The number of primary amides is 1. The molecule has 1 aromatic heterocycles. The number of amides is 4. The van der Waals surface area contributed by atoms with Gasteiger partial charge in [0.25, 0.3) is 0 Å². The van der Waals surface area contributed by atoms with Crippen molar-refractivity contribution in [2.24, 2.45) is 17.6 Å². The summed E-state index contributed by atoms with van der Waals surface area (Å²) in [6.07, 6.45) is 0.308. The molecule has 0 saturated heterocycles. The molecule has 0 spiro atoms. The number of nitrogens with two attached hydrogens (primary N) is 1. The van der Waals surface area contributed by atoms with Gasteiger partial charge in [-0.05, 0) is 48.4 Å². The molecule has 2 unspecified atom stereocenters. The maximum atomic E-state index is 14.5. The van der Waals surface area contributed by atoms with Crippen LogP contribution in [0.1, 0.15) is 63.8 Å². The second-order valence-electron chi connectivity index (χ2n) is 12.4. The molecule has 6 N–H and O–H groups in total. The van der Waals surface area contributed by atoms with Crippen molar-refractivity contribution in [1.29, 1.82) is 0 Å². The van der Waals surface area contributed by atoms with Gasteiger partial charge in [-0.3, -0.25) is 19.3 Å². The van der Waals surface area contributed by atoms with E-state index in [0.717, 1.165) is 16.2 Å². The number of H-pyrrole nitrogens is 1. The van der Waals surface area contributed by atoms with E-state index in [-0.39, 0.29) is 25.3 Å². The van der Waals surface area contributed by atoms with Crippen molar-refractivity contribution in [3.8, 4) is 5.75 Å². The zero-order chi connectivity index (χ0) is 34.6. The minimum atomic E-state index is -1.56. The monoisotopic (exact) mass is 687 g/mol. The molecule has 1 aliphatic rings. The van der Waals surface area contributed by atoms with Gasteiger partial charge in [0.2, 0.25) is 17.7 Å². The first kappa shape index (κ1) is 35.9. The number of hydrogen-bond acceptors (Lipinski definition) is 5. The van der Waals surface area contributed by atoms with Crippen LogP contribution >= 0.6 is 23.2 Å². The SMILES string of the molecule is CCC(C)[C@H](NC(=O)[C@@]1(NC(=O)[C@H](C(C)CC)N(Cc2ccccc2OC)C(=O)O)CCc2[nH]c3c(Cl)cc(Cl)cc3c2C1)C(N)=O. The highest BCUT2D eigenvalue weighted by molar-refractivity contribution is 6.38. The molecule has 1 heterocycles. The Morgan fingerprint density at radius 2 is 1.79 bits per heavy atom. The number of carbonyl (C=O) groups excluding carboxylic acids is 3. The van der Waals surface area contributed by atoms with Gasteiger partial charge in [0.05, 0.1) is 24.2 Å². The van der Waals surface area contributed by atoms with Gasteiger partial charge in [0.1, 0.15) is 23.4 Å². The number of aryl methyl sites for hydroxylation is 1. The zero-order valence-corrected chi connectivity index (χ0v) is 28.8. The van der Waals surface area contributed by atoms with Gasteiger partial charge < -0.3 is 31.2 Å². The summed E-state index contributed by atoms with van der Waals surface area (Å²) in [7, 11) is 1.49. The summed E-state index contributed by atoms with van der Waals surface area (Å²) in [5.41, 5.74) is 6.99. The lowest BCUT2D eigenvalue weighted by atomic mass is 9.78. The number of nitrogens with one attached hydrogen (secondary N) is 3. The lowest BCUT2D eigenvalue weighted by Gasteiger charge is -2.41. The van der Waals surface area contributed by atoms with E-state index >= 15 is 0 Å². The van der Waals surface area contributed by atoms with E-state index < -0.39 is 47.4 Å². The number of methoxy groups -OCH3 is 1. The molecular weight excluding hydrogens is 645 g/mol. The van der Waals surface area contributed by atoms with Crippen LogP contribution in [0.5, 0.6) is 5.75 Å². The lowest BCUT2D eigenvalue weighted by molar-refractivity contribution is -0.139. The number of carboxylic acid groups (broad SMARTS) is 1. The van der Waals surface area contributed by atoms with Gasteiger partial charge in [0.15, 0.2) is 0 Å². The Morgan fingerprint density at radius 1 is 1.11 bits per heavy atom. The van der Waals surface area contributed by atoms with Crippen LogP contribution in [0.25, 0.3) is 10.9 Å². The van der Waals surface area contributed by atoms with E-state index in [4.69, 9.17) is 33.7 Å². The van der Waals surface area contributed by atoms with Gasteiger partial charge in [-0.2, -0.15) is 0 Å². The van der Waals surface area contributed by atoms with Crippen LogP contribution in [0, 0.1) is 11.8 Å². The van der Waals surface area contributed by atoms with Crippen molar-refractivity contribution in [2.75, 3.05) is 7.11 Å². The third-order valence-corrected chi connectivity index (χ3v) is 9.99. The van der Waals surface area contributed by atoms with Crippen molar-refractivity contribution in [2.45, 2.75) is 84.0 Å². The Hall–Kier alpha value is -3.96. The highest BCUT2D eigenvalue weighted by atomic mass is 35.5. The molecule has 11 nitrogen and oxygen atoms in total. The molecule has 47 heavy (non-hydrogen) atoms. The van der Waals surface area contributed by atoms with Gasteiger partial charge in [-0.1, -0.05) is 81.9 Å². The maximum absolute atomic E-state index is 14.5. The van der Waals surface area contributed by atoms with E-state index in [1.807, 2.05) is 20.8 Å². The molecule has 4 amide bonds. The average molecular weight is 689 g/mol. The van der Waals surface area contributed by atoms with Crippen LogP contribution < -0.4 is 21.1 Å². The fourth-order valence-corrected chi connectivity index (χ4v) is 6.92. The summed E-state index contributed by atoms with van der Waals surface area (Å²) in [6, 6.07) is 8.22. The number of aromatic nitrogens is 1. The number of hydrogen-bond donors (Lipinski definition) is 5. The number of para-hydroxylation sites is 1. The predicted molar refractivity (Wildman–Crippen MR) is 182 cm³/mol. The highest BCUT2D eigenvalue weighted by Crippen LogP contribution is 2.38. The first-order valence-electron chi connectivity index (χ1n) is 15.8. The first-order chi connectivity index (χ1) is 22.3. The molecule has 13 heteroatoms. The van der Waals surface area contributed by atoms with Crippen LogP contribution in [0.2, 0.25) is 10.0 Å². The average Bonchev–Trinajstić information content (AvgIpc) is 3.40. The Kier molecular flexibility index (Phi) is 11.3. The van der Waals surface area contributed by atoms with Crippen molar-refractivity contribution < 1.29 is 29.0 Å². The van der Waals surface area contributed by atoms with E-state index in [0.29, 0.717) is 51.5 Å². The van der Waals surface area contributed by atoms with Gasteiger partial charge in [-0.25, -0.2) is 4.79 Å². The molecule has 3 aromatic rings. The van der Waals surface area contributed by atoms with E-state index in [1.165, 1.54) is 7.11 Å². The molecule has 254 valence electrons. The van der Waals surface area contributed by atoms with Crippen LogP contribution in [0.4, 0.5) is 4.79 Å². The third-order valence-electron chi connectivity index (χ3n) is 9.47. The molecule has 1 aliphatic carbocycles. The van der Waals surface area contributed by atoms with E-state index in [2.05, 4.69) is 15.6 Å². The van der Waals surface area contributed by atoms with Crippen LogP contribution in [-0.2, 0) is 33.8 Å². The van der Waals surface area contributed by atoms with E-state index in [9.17, 15) is 24.3 Å². The number of fused-ring (bicyclic) bond motifs is 3. The second-order valence-corrected chi connectivity index (χ2v) is 13.3. The topological polar surface area (TPSA) is 167 Å². The summed E-state index contributed by atoms with van der Waals surface area (Å²) >= 11 is 12.9. The normalized spacial score (nSPS) is 18.4. The molecule has 0 saturated carbocycles. The molecule has 0 aliphatic heterocycles. The quantitative estimate of drug-likeness (QED) is 0.160. The molecule has 0 radical (unpaired) electrons. The number of benzene rings is 2. The Bertz CT molecular complexity index is 1660. The predicted octanol–water partition coefficient (Wildman–Crippen LogP) is 5.44. The Labute approximate surface area is 284 Å². The van der Waals surface area contributed by atoms with Gasteiger partial charge in [0, 0.05) is 28.1 Å². The zero-order valence-electron chi connectivity index (χ0n) is 27.3. The Morgan fingerprint density at radius 3 is 2.40 bits per heavy atom. The van der Waals surface area contributed by atoms with Crippen LogP contribution in [-0.4, -0.2) is 63.5 Å². The largest absolute Gasteiger partial charge is 0.496 e. The number of halogens is 2. The Balaban J connectivity index is 1.80. The number of aromatic amines is 1. The third kappa shape index (κ3) is 7.46. The van der Waals surface area contributed by atoms with Crippen molar-refractivity contribution in [3.05, 3.63) is 63.3 Å². The van der Waals surface area contributed by atoms with Crippen molar-refractivity contribution >= 4 is 57.9 Å². The fourth-order valence-electron chi connectivity index (χ4n) is 6.38.